The molecule has 1 atom stereocenters. The number of nitrogens with one attached hydrogen (secondary N) is 1. The molecule has 162 valence electrons. The molecule has 4 rings (SSSR count). The van der Waals surface area contributed by atoms with Crippen molar-refractivity contribution in [3.8, 4) is 5.69 Å². The molecule has 0 aliphatic heterocycles. The Hall–Kier alpha value is -2.94. The monoisotopic (exact) mass is 488 g/mol. The normalized spacial score (nSPS) is 12.0. The molecule has 0 saturated heterocycles. The molecule has 1 unspecified atom stereocenters. The predicted octanol–water partition coefficient (Wildman–Crippen LogP) is 5.35. The molecule has 1 N–H and O–H groups in total. The van der Waals surface area contributed by atoms with Gasteiger partial charge in [0.25, 0.3) is 5.56 Å². The topological polar surface area (TPSA) is 76.9 Å². The first-order chi connectivity index (χ1) is 15.3. The lowest BCUT2D eigenvalue weighted by Gasteiger charge is -2.17. The van der Waals surface area contributed by atoms with Crippen LogP contribution in [-0.2, 0) is 4.79 Å². The van der Waals surface area contributed by atoms with Gasteiger partial charge in [0.2, 0.25) is 5.91 Å². The van der Waals surface area contributed by atoms with Crippen molar-refractivity contribution in [1.29, 1.82) is 0 Å². The number of thioether (sulfide) groups is 1. The van der Waals surface area contributed by atoms with Gasteiger partial charge in [0.05, 0.1) is 32.6 Å². The molecule has 10 heteroatoms. The van der Waals surface area contributed by atoms with Crippen molar-refractivity contribution in [3.05, 3.63) is 87.1 Å². The molecule has 0 radical (unpaired) electrons. The average Bonchev–Trinajstić information content (AvgIpc) is 2.77. The van der Waals surface area contributed by atoms with E-state index in [2.05, 4.69) is 15.3 Å². The van der Waals surface area contributed by atoms with E-state index >= 15 is 0 Å². The summed E-state index contributed by atoms with van der Waals surface area (Å²) in [5, 5.41) is 2.75. The summed E-state index contributed by atoms with van der Waals surface area (Å²) in [5.74, 6) is -0.955. The van der Waals surface area contributed by atoms with Crippen LogP contribution in [0.3, 0.4) is 0 Å². The number of halogens is 3. The fraction of sp³-hybridized carbons (Fsp3) is 0.0909. The van der Waals surface area contributed by atoms with Gasteiger partial charge in [0.15, 0.2) is 10.3 Å². The minimum Gasteiger partial charge on any atom is -0.322 e. The first-order valence-corrected chi connectivity index (χ1v) is 11.0. The van der Waals surface area contributed by atoms with Crippen LogP contribution in [0, 0.1) is 5.82 Å². The third-order valence-electron chi connectivity index (χ3n) is 4.57. The highest BCUT2D eigenvalue weighted by molar-refractivity contribution is 8.00. The predicted molar refractivity (Wildman–Crippen MR) is 126 cm³/mol. The zero-order chi connectivity index (χ0) is 22.8. The number of hydrogen-bond acceptors (Lipinski definition) is 5. The van der Waals surface area contributed by atoms with Gasteiger partial charge in [-0.3, -0.25) is 14.2 Å². The first kappa shape index (κ1) is 22.3. The second kappa shape index (κ2) is 9.28. The van der Waals surface area contributed by atoms with Crippen LogP contribution in [0.1, 0.15) is 6.92 Å². The van der Waals surface area contributed by atoms with Crippen LogP contribution in [0.5, 0.6) is 0 Å². The number of aromatic nitrogens is 3. The zero-order valence-corrected chi connectivity index (χ0v) is 18.9. The molecule has 0 spiro atoms. The highest BCUT2D eigenvalue weighted by Crippen LogP contribution is 2.28. The van der Waals surface area contributed by atoms with E-state index in [0.29, 0.717) is 22.3 Å². The van der Waals surface area contributed by atoms with Gasteiger partial charge in [-0.25, -0.2) is 14.4 Å². The molecular formula is C22H15Cl2FN4O2S. The Morgan fingerprint density at radius 1 is 1.16 bits per heavy atom. The number of fused-ring (bicyclic) bond motifs is 1. The van der Waals surface area contributed by atoms with E-state index in [-0.39, 0.29) is 26.8 Å². The van der Waals surface area contributed by atoms with Crippen molar-refractivity contribution < 1.29 is 9.18 Å². The third-order valence-corrected chi connectivity index (χ3v) is 6.22. The Bertz CT molecular complexity index is 1400. The SMILES string of the molecule is CC(Sc1nc2ccccc2c(=O)n1-c1ccc(F)c(Cl)c1)C(=O)Nc1cccnc1Cl. The zero-order valence-electron chi connectivity index (χ0n) is 16.6. The number of anilines is 1. The molecule has 0 saturated carbocycles. The van der Waals surface area contributed by atoms with Crippen molar-refractivity contribution >= 4 is 57.5 Å². The van der Waals surface area contributed by atoms with Crippen LogP contribution in [0.15, 0.2) is 70.7 Å². The highest BCUT2D eigenvalue weighted by atomic mass is 35.5. The van der Waals surface area contributed by atoms with Gasteiger partial charge in [-0.15, -0.1) is 0 Å². The Kier molecular flexibility index (Phi) is 6.45. The molecule has 1 amide bonds. The van der Waals surface area contributed by atoms with Gasteiger partial charge in [0, 0.05) is 6.20 Å². The van der Waals surface area contributed by atoms with Crippen molar-refractivity contribution in [1.82, 2.24) is 14.5 Å². The molecule has 0 aliphatic rings. The van der Waals surface area contributed by atoms with Crippen LogP contribution in [-0.4, -0.2) is 25.7 Å². The number of para-hydroxylation sites is 1. The van der Waals surface area contributed by atoms with E-state index in [9.17, 15) is 14.0 Å². The number of benzene rings is 2. The third kappa shape index (κ3) is 4.48. The Morgan fingerprint density at radius 3 is 2.69 bits per heavy atom. The van der Waals surface area contributed by atoms with Gasteiger partial charge < -0.3 is 5.32 Å². The Balaban J connectivity index is 1.75. The standard InChI is InChI=1S/C22H15Cl2FN4O2S/c1-12(20(30)27-18-7-4-10-26-19(18)24)32-22-28-17-6-3-2-5-14(17)21(31)29(22)13-8-9-16(25)15(23)11-13/h2-12H,1H3,(H,27,30). The lowest BCUT2D eigenvalue weighted by molar-refractivity contribution is -0.115. The van der Waals surface area contributed by atoms with Crippen molar-refractivity contribution in [3.63, 3.8) is 0 Å². The van der Waals surface area contributed by atoms with E-state index in [0.717, 1.165) is 11.8 Å². The second-order valence-corrected chi connectivity index (χ2v) is 8.81. The quantitative estimate of drug-likeness (QED) is 0.233. The number of carbonyl (C=O) groups is 1. The summed E-state index contributed by atoms with van der Waals surface area (Å²) in [4.78, 5) is 34.6. The summed E-state index contributed by atoms with van der Waals surface area (Å²) in [5.41, 5.74) is 0.835. The fourth-order valence-corrected chi connectivity index (χ4v) is 4.24. The van der Waals surface area contributed by atoms with Crippen molar-refractivity contribution in [2.75, 3.05) is 5.32 Å². The maximum Gasteiger partial charge on any atom is 0.266 e. The summed E-state index contributed by atoms with van der Waals surface area (Å²) >= 11 is 13.0. The molecule has 0 bridgehead atoms. The second-order valence-electron chi connectivity index (χ2n) is 6.74. The summed E-state index contributed by atoms with van der Waals surface area (Å²) in [6.07, 6.45) is 1.52. The highest BCUT2D eigenvalue weighted by Gasteiger charge is 2.21. The summed E-state index contributed by atoms with van der Waals surface area (Å²) < 4.78 is 15.0. The van der Waals surface area contributed by atoms with Gasteiger partial charge in [-0.1, -0.05) is 47.1 Å². The molecule has 0 aliphatic carbocycles. The molecule has 32 heavy (non-hydrogen) atoms. The molecule has 2 aromatic carbocycles. The summed E-state index contributed by atoms with van der Waals surface area (Å²) in [6.45, 7) is 1.67. The summed E-state index contributed by atoms with van der Waals surface area (Å²) in [6, 6.07) is 14.1. The smallest absolute Gasteiger partial charge is 0.266 e. The molecule has 0 fully saturated rings. The number of carbonyl (C=O) groups excluding carboxylic acids is 1. The first-order valence-electron chi connectivity index (χ1n) is 9.40. The minimum atomic E-state index is -0.651. The average molecular weight is 489 g/mol. The van der Waals surface area contributed by atoms with E-state index in [4.69, 9.17) is 23.2 Å². The van der Waals surface area contributed by atoms with Gasteiger partial charge >= 0.3 is 0 Å². The van der Waals surface area contributed by atoms with E-state index in [1.54, 1.807) is 43.3 Å². The maximum absolute atomic E-state index is 13.7. The van der Waals surface area contributed by atoms with Crippen LogP contribution in [0.2, 0.25) is 10.2 Å². The van der Waals surface area contributed by atoms with Crippen LogP contribution in [0.4, 0.5) is 10.1 Å². The molecule has 2 heterocycles. The maximum atomic E-state index is 13.7. The number of rotatable bonds is 5. The summed E-state index contributed by atoms with van der Waals surface area (Å²) in [7, 11) is 0. The van der Waals surface area contributed by atoms with Gasteiger partial charge in [-0.2, -0.15) is 0 Å². The lowest BCUT2D eigenvalue weighted by atomic mass is 10.2. The van der Waals surface area contributed by atoms with Crippen LogP contribution in [0.25, 0.3) is 16.6 Å². The molecule has 2 aromatic heterocycles. The molecule has 6 nitrogen and oxygen atoms in total. The van der Waals surface area contributed by atoms with Crippen molar-refractivity contribution in [2.45, 2.75) is 17.3 Å². The lowest BCUT2D eigenvalue weighted by Crippen LogP contribution is -2.26. The molecular weight excluding hydrogens is 474 g/mol. The Morgan fingerprint density at radius 2 is 1.94 bits per heavy atom. The minimum absolute atomic E-state index is 0.129. The number of amides is 1. The number of hydrogen-bond donors (Lipinski definition) is 1. The number of pyridine rings is 1. The van der Waals surface area contributed by atoms with Crippen molar-refractivity contribution in [2.24, 2.45) is 0 Å². The fourth-order valence-electron chi connectivity index (χ4n) is 2.97. The van der Waals surface area contributed by atoms with E-state index < -0.39 is 11.1 Å². The molecule has 4 aromatic rings. The van der Waals surface area contributed by atoms with Gasteiger partial charge in [0.1, 0.15) is 5.82 Å². The largest absolute Gasteiger partial charge is 0.322 e. The number of nitrogens with zero attached hydrogens (tertiary/aromatic N) is 3. The Labute approximate surface area is 196 Å². The van der Waals surface area contributed by atoms with Crippen LogP contribution < -0.4 is 10.9 Å². The van der Waals surface area contributed by atoms with Gasteiger partial charge in [-0.05, 0) is 49.4 Å². The van der Waals surface area contributed by atoms with Crippen LogP contribution >= 0.6 is 35.0 Å². The van der Waals surface area contributed by atoms with E-state index in [1.165, 1.54) is 29.0 Å². The van der Waals surface area contributed by atoms with E-state index in [1.807, 2.05) is 0 Å².